The number of likely N-dealkylation sites (tertiary alicyclic amines) is 1. The van der Waals surface area contributed by atoms with Crippen LogP contribution in [0.15, 0.2) is 29.6 Å². The Morgan fingerprint density at radius 2 is 2.03 bits per heavy atom. The molecular formula is C22H29N3O2S2. The summed E-state index contributed by atoms with van der Waals surface area (Å²) in [6, 6.07) is 8.38. The highest BCUT2D eigenvalue weighted by Gasteiger charge is 2.21. The van der Waals surface area contributed by atoms with Gasteiger partial charge in [0.05, 0.1) is 17.2 Å². The largest absolute Gasteiger partial charge is 0.342 e. The van der Waals surface area contributed by atoms with Crippen LogP contribution in [0.25, 0.3) is 11.3 Å². The number of nitrogens with zero attached hydrogens (tertiary/aromatic N) is 2. The molecule has 0 aliphatic carbocycles. The van der Waals surface area contributed by atoms with Crippen LogP contribution in [0.4, 0.5) is 5.13 Å². The molecular weight excluding hydrogens is 402 g/mol. The maximum atomic E-state index is 12.3. The SMILES string of the molecule is CC1CCCN(C(=O)CSCC(=O)Nc2nc(-c3ccc(C(C)C)cc3)cs2)C1. The van der Waals surface area contributed by atoms with Gasteiger partial charge in [-0.3, -0.25) is 9.59 Å². The van der Waals surface area contributed by atoms with E-state index < -0.39 is 0 Å². The van der Waals surface area contributed by atoms with Gasteiger partial charge in [-0.05, 0) is 30.2 Å². The van der Waals surface area contributed by atoms with E-state index in [2.05, 4.69) is 55.3 Å². The van der Waals surface area contributed by atoms with Crippen molar-refractivity contribution in [1.29, 1.82) is 0 Å². The number of hydrogen-bond donors (Lipinski definition) is 1. The number of hydrogen-bond acceptors (Lipinski definition) is 5. The molecule has 7 heteroatoms. The lowest BCUT2D eigenvalue weighted by Crippen LogP contribution is -2.40. The van der Waals surface area contributed by atoms with Gasteiger partial charge in [0.1, 0.15) is 0 Å². The van der Waals surface area contributed by atoms with Crippen molar-refractivity contribution >= 4 is 40.0 Å². The molecule has 29 heavy (non-hydrogen) atoms. The zero-order chi connectivity index (χ0) is 20.8. The number of aromatic nitrogens is 1. The summed E-state index contributed by atoms with van der Waals surface area (Å²) in [7, 11) is 0. The monoisotopic (exact) mass is 431 g/mol. The van der Waals surface area contributed by atoms with Crippen molar-refractivity contribution in [2.45, 2.75) is 39.5 Å². The highest BCUT2D eigenvalue weighted by atomic mass is 32.2. The molecule has 2 amide bonds. The molecule has 1 aliphatic rings. The fraction of sp³-hybridized carbons (Fsp3) is 0.500. The highest BCUT2D eigenvalue weighted by molar-refractivity contribution is 8.00. The predicted molar refractivity (Wildman–Crippen MR) is 123 cm³/mol. The van der Waals surface area contributed by atoms with Crippen LogP contribution < -0.4 is 5.32 Å². The first-order chi connectivity index (χ1) is 13.9. The number of benzene rings is 1. The molecule has 1 saturated heterocycles. The van der Waals surface area contributed by atoms with Crippen molar-refractivity contribution < 1.29 is 9.59 Å². The van der Waals surface area contributed by atoms with Gasteiger partial charge in [0, 0.05) is 24.0 Å². The van der Waals surface area contributed by atoms with Crippen LogP contribution in [-0.4, -0.2) is 46.3 Å². The minimum Gasteiger partial charge on any atom is -0.342 e. The van der Waals surface area contributed by atoms with Crippen LogP contribution in [0.2, 0.25) is 0 Å². The molecule has 5 nitrogen and oxygen atoms in total. The first-order valence-electron chi connectivity index (χ1n) is 10.1. The molecule has 0 spiro atoms. The van der Waals surface area contributed by atoms with E-state index in [4.69, 9.17) is 0 Å². The fourth-order valence-electron chi connectivity index (χ4n) is 3.40. The van der Waals surface area contributed by atoms with Gasteiger partial charge in [0.25, 0.3) is 0 Å². The van der Waals surface area contributed by atoms with Crippen molar-refractivity contribution in [3.63, 3.8) is 0 Å². The van der Waals surface area contributed by atoms with Gasteiger partial charge in [0.2, 0.25) is 11.8 Å². The maximum Gasteiger partial charge on any atom is 0.236 e. The Balaban J connectivity index is 1.44. The minimum absolute atomic E-state index is 0.120. The van der Waals surface area contributed by atoms with Crippen LogP contribution in [0.3, 0.4) is 0 Å². The number of piperidine rings is 1. The average molecular weight is 432 g/mol. The second-order valence-corrected chi connectivity index (χ2v) is 9.79. The summed E-state index contributed by atoms with van der Waals surface area (Å²) in [6.45, 7) is 8.21. The Kier molecular flexibility index (Phi) is 7.72. The Hall–Kier alpha value is -1.86. The molecule has 0 radical (unpaired) electrons. The van der Waals surface area contributed by atoms with E-state index in [9.17, 15) is 9.59 Å². The lowest BCUT2D eigenvalue weighted by Gasteiger charge is -2.30. The predicted octanol–water partition coefficient (Wildman–Crippen LogP) is 4.86. The molecule has 1 aliphatic heterocycles. The minimum atomic E-state index is -0.120. The number of rotatable bonds is 7. The number of nitrogens with one attached hydrogen (secondary N) is 1. The smallest absolute Gasteiger partial charge is 0.236 e. The lowest BCUT2D eigenvalue weighted by atomic mass is 10.0. The van der Waals surface area contributed by atoms with Gasteiger partial charge < -0.3 is 10.2 Å². The van der Waals surface area contributed by atoms with Crippen molar-refractivity contribution in [2.75, 3.05) is 29.9 Å². The van der Waals surface area contributed by atoms with E-state index in [-0.39, 0.29) is 17.6 Å². The lowest BCUT2D eigenvalue weighted by molar-refractivity contribution is -0.130. The van der Waals surface area contributed by atoms with Gasteiger partial charge in [-0.25, -0.2) is 4.98 Å². The molecule has 2 aromatic rings. The Morgan fingerprint density at radius 3 is 2.72 bits per heavy atom. The summed E-state index contributed by atoms with van der Waals surface area (Å²) in [5.41, 5.74) is 3.20. The third kappa shape index (κ3) is 6.31. The third-order valence-electron chi connectivity index (χ3n) is 5.09. The van der Waals surface area contributed by atoms with Gasteiger partial charge in [-0.1, -0.05) is 45.0 Å². The van der Waals surface area contributed by atoms with E-state index >= 15 is 0 Å². The molecule has 3 rings (SSSR count). The standard InChI is InChI=1S/C22H29N3O2S2/c1-15(2)17-6-8-18(9-7-17)19-12-29-22(23-19)24-20(26)13-28-14-21(27)25-10-4-5-16(3)11-25/h6-9,12,15-16H,4-5,10-11,13-14H2,1-3H3,(H,23,24,26). The second kappa shape index (κ2) is 10.3. The summed E-state index contributed by atoms with van der Waals surface area (Å²) in [6.07, 6.45) is 2.27. The Morgan fingerprint density at radius 1 is 1.28 bits per heavy atom. The molecule has 156 valence electrons. The average Bonchev–Trinajstić information content (AvgIpc) is 3.16. The number of thiazole rings is 1. The van der Waals surface area contributed by atoms with E-state index in [1.165, 1.54) is 35.1 Å². The first-order valence-corrected chi connectivity index (χ1v) is 12.2. The molecule has 1 fully saturated rings. The maximum absolute atomic E-state index is 12.3. The molecule has 0 bridgehead atoms. The summed E-state index contributed by atoms with van der Waals surface area (Å²) in [5, 5.41) is 5.39. The van der Waals surface area contributed by atoms with Gasteiger partial charge in [-0.2, -0.15) is 0 Å². The quantitative estimate of drug-likeness (QED) is 0.680. The molecule has 1 unspecified atom stereocenters. The van der Waals surface area contributed by atoms with Crippen LogP contribution in [0.1, 0.15) is 45.1 Å². The zero-order valence-electron chi connectivity index (χ0n) is 17.3. The summed E-state index contributed by atoms with van der Waals surface area (Å²) < 4.78 is 0. The van der Waals surface area contributed by atoms with Crippen LogP contribution in [0, 0.1) is 5.92 Å². The summed E-state index contributed by atoms with van der Waals surface area (Å²) in [4.78, 5) is 30.9. The molecule has 1 aromatic carbocycles. The highest BCUT2D eigenvalue weighted by Crippen LogP contribution is 2.26. The number of thioether (sulfide) groups is 1. The van der Waals surface area contributed by atoms with Crippen molar-refractivity contribution in [2.24, 2.45) is 5.92 Å². The van der Waals surface area contributed by atoms with Crippen LogP contribution >= 0.6 is 23.1 Å². The van der Waals surface area contributed by atoms with Crippen molar-refractivity contribution in [1.82, 2.24) is 9.88 Å². The van der Waals surface area contributed by atoms with E-state index in [1.54, 1.807) is 0 Å². The van der Waals surface area contributed by atoms with Gasteiger partial charge in [0.15, 0.2) is 5.13 Å². The Labute approximate surface area is 181 Å². The van der Waals surface area contributed by atoms with Gasteiger partial charge in [-0.15, -0.1) is 23.1 Å². The molecule has 1 N–H and O–H groups in total. The van der Waals surface area contributed by atoms with Crippen LogP contribution in [-0.2, 0) is 9.59 Å². The number of carbonyl (C=O) groups is 2. The van der Waals surface area contributed by atoms with E-state index in [1.807, 2.05) is 10.3 Å². The second-order valence-electron chi connectivity index (χ2n) is 7.94. The summed E-state index contributed by atoms with van der Waals surface area (Å²) in [5.74, 6) is 1.69. The van der Waals surface area contributed by atoms with Crippen LogP contribution in [0.5, 0.6) is 0 Å². The van der Waals surface area contributed by atoms with Gasteiger partial charge >= 0.3 is 0 Å². The zero-order valence-corrected chi connectivity index (χ0v) is 18.9. The topological polar surface area (TPSA) is 62.3 Å². The van der Waals surface area contributed by atoms with Crippen molar-refractivity contribution in [3.8, 4) is 11.3 Å². The molecule has 1 atom stereocenters. The number of amides is 2. The number of carbonyl (C=O) groups excluding carboxylic acids is 2. The Bertz CT molecular complexity index is 833. The van der Waals surface area contributed by atoms with Crippen molar-refractivity contribution in [3.05, 3.63) is 35.2 Å². The molecule has 2 heterocycles. The number of anilines is 1. The molecule has 1 aromatic heterocycles. The summed E-state index contributed by atoms with van der Waals surface area (Å²) >= 11 is 2.78. The normalized spacial score (nSPS) is 16.8. The first kappa shape index (κ1) is 21.8. The third-order valence-corrected chi connectivity index (χ3v) is 6.77. The van der Waals surface area contributed by atoms with E-state index in [0.29, 0.717) is 22.7 Å². The van der Waals surface area contributed by atoms with E-state index in [0.717, 1.165) is 30.8 Å². The fourth-order valence-corrected chi connectivity index (χ4v) is 4.85. The molecule has 0 saturated carbocycles.